The van der Waals surface area contributed by atoms with Gasteiger partial charge in [0.25, 0.3) is 6.43 Å². The first-order valence-electron chi connectivity index (χ1n) is 3.35. The summed E-state index contributed by atoms with van der Waals surface area (Å²) in [6.07, 6.45) is -2.09. The molecule has 0 aliphatic rings. The van der Waals surface area contributed by atoms with Crippen LogP contribution in [-0.4, -0.2) is 11.3 Å². The minimum absolute atomic E-state index is 0.234. The summed E-state index contributed by atoms with van der Waals surface area (Å²) in [4.78, 5) is 13.8. The maximum atomic E-state index is 12.1. The van der Waals surface area contributed by atoms with Crippen molar-refractivity contribution in [3.05, 3.63) is 29.1 Å². The highest BCUT2D eigenvalue weighted by Crippen LogP contribution is 2.17. The number of nitrogens with zero attached hydrogens (tertiary/aromatic N) is 1. The highest BCUT2D eigenvalue weighted by molar-refractivity contribution is 5.74. The second-order valence-electron chi connectivity index (χ2n) is 2.39. The number of aryl methyl sites for hydroxylation is 1. The quantitative estimate of drug-likeness (QED) is 0.638. The molecule has 0 atom stereocenters. The summed E-state index contributed by atoms with van der Waals surface area (Å²) >= 11 is 0. The molecule has 0 spiro atoms. The molecule has 0 aliphatic carbocycles. The number of aldehydes is 1. The summed E-state index contributed by atoms with van der Waals surface area (Å²) in [5, 5.41) is 0. The number of alkyl halides is 2. The van der Waals surface area contributed by atoms with Crippen molar-refractivity contribution in [1.82, 2.24) is 4.98 Å². The van der Waals surface area contributed by atoms with Crippen LogP contribution in [0.15, 0.2) is 12.1 Å². The number of halogens is 2. The maximum Gasteiger partial charge on any atom is 0.280 e. The minimum Gasteiger partial charge on any atom is -0.298 e. The van der Waals surface area contributed by atoms with Crippen LogP contribution in [0, 0.1) is 6.92 Å². The van der Waals surface area contributed by atoms with E-state index in [0.717, 1.165) is 6.07 Å². The van der Waals surface area contributed by atoms with E-state index in [1.807, 2.05) is 0 Å². The molecule has 1 heterocycles. The van der Waals surface area contributed by atoms with Crippen molar-refractivity contribution in [2.24, 2.45) is 0 Å². The van der Waals surface area contributed by atoms with Gasteiger partial charge in [-0.05, 0) is 19.1 Å². The molecular weight excluding hydrogens is 164 g/mol. The van der Waals surface area contributed by atoms with E-state index in [1.165, 1.54) is 6.07 Å². The molecule has 0 N–H and O–H groups in total. The van der Waals surface area contributed by atoms with E-state index in [2.05, 4.69) is 4.98 Å². The zero-order valence-electron chi connectivity index (χ0n) is 6.42. The monoisotopic (exact) mass is 171 g/mol. The largest absolute Gasteiger partial charge is 0.298 e. The molecule has 1 aromatic heterocycles. The summed E-state index contributed by atoms with van der Waals surface area (Å²) in [6, 6.07) is 2.55. The van der Waals surface area contributed by atoms with E-state index in [0.29, 0.717) is 12.0 Å². The predicted octanol–water partition coefficient (Wildman–Crippen LogP) is 2.14. The summed E-state index contributed by atoms with van der Waals surface area (Å²) in [6.45, 7) is 1.57. The molecule has 0 amide bonds. The van der Waals surface area contributed by atoms with E-state index < -0.39 is 6.43 Å². The Kier molecular flexibility index (Phi) is 2.47. The molecule has 0 radical (unpaired) electrons. The van der Waals surface area contributed by atoms with Crippen LogP contribution in [-0.2, 0) is 0 Å². The van der Waals surface area contributed by atoms with Crippen LogP contribution in [0.1, 0.15) is 28.2 Å². The lowest BCUT2D eigenvalue weighted by molar-refractivity contribution is 0.112. The molecule has 4 heteroatoms. The summed E-state index contributed by atoms with van der Waals surface area (Å²) in [5.74, 6) is 0. The summed E-state index contributed by atoms with van der Waals surface area (Å²) in [7, 11) is 0. The van der Waals surface area contributed by atoms with Crippen LogP contribution in [0.25, 0.3) is 0 Å². The highest BCUT2D eigenvalue weighted by atomic mass is 19.3. The van der Waals surface area contributed by atoms with E-state index in [4.69, 9.17) is 0 Å². The molecule has 1 rings (SSSR count). The molecule has 12 heavy (non-hydrogen) atoms. The Hall–Kier alpha value is -1.32. The number of pyridine rings is 1. The van der Waals surface area contributed by atoms with Crippen molar-refractivity contribution in [3.8, 4) is 0 Å². The molecule has 0 bridgehead atoms. The van der Waals surface area contributed by atoms with Gasteiger partial charge in [-0.3, -0.25) is 9.78 Å². The van der Waals surface area contributed by atoms with Gasteiger partial charge in [-0.2, -0.15) is 0 Å². The smallest absolute Gasteiger partial charge is 0.280 e. The summed E-state index contributed by atoms with van der Waals surface area (Å²) in [5.41, 5.74) is 0.310. The van der Waals surface area contributed by atoms with Crippen LogP contribution in [0.5, 0.6) is 0 Å². The lowest BCUT2D eigenvalue weighted by Gasteiger charge is -2.00. The average molecular weight is 171 g/mol. The Morgan fingerprint density at radius 3 is 2.67 bits per heavy atom. The van der Waals surface area contributed by atoms with Crippen molar-refractivity contribution >= 4 is 6.29 Å². The number of carbonyl (C=O) groups excluding carboxylic acids is 1. The van der Waals surface area contributed by atoms with Gasteiger partial charge >= 0.3 is 0 Å². The standard InChI is InChI=1S/C8H7F2NO/c1-5-2-6(4-12)3-7(11-5)8(9)10/h2-4,8H,1H3. The van der Waals surface area contributed by atoms with E-state index in [-0.39, 0.29) is 11.3 Å². The third-order valence-corrected chi connectivity index (χ3v) is 1.36. The zero-order valence-corrected chi connectivity index (χ0v) is 6.42. The van der Waals surface area contributed by atoms with Gasteiger partial charge in [0, 0.05) is 11.3 Å². The van der Waals surface area contributed by atoms with E-state index >= 15 is 0 Å². The zero-order chi connectivity index (χ0) is 9.14. The fraction of sp³-hybridized carbons (Fsp3) is 0.250. The predicted molar refractivity (Wildman–Crippen MR) is 39.3 cm³/mol. The topological polar surface area (TPSA) is 30.0 Å². The molecule has 2 nitrogen and oxygen atoms in total. The third kappa shape index (κ3) is 1.84. The van der Waals surface area contributed by atoms with Crippen LogP contribution >= 0.6 is 0 Å². The molecule has 1 aromatic rings. The summed E-state index contributed by atoms with van der Waals surface area (Å²) < 4.78 is 24.2. The normalized spacial score (nSPS) is 10.3. The van der Waals surface area contributed by atoms with E-state index in [9.17, 15) is 13.6 Å². The molecule has 0 fully saturated rings. The maximum absolute atomic E-state index is 12.1. The number of aromatic nitrogens is 1. The average Bonchev–Trinajstić information content (AvgIpc) is 2.03. The fourth-order valence-corrected chi connectivity index (χ4v) is 0.902. The molecule has 0 unspecified atom stereocenters. The van der Waals surface area contributed by atoms with E-state index in [1.54, 1.807) is 6.92 Å². The van der Waals surface area contributed by atoms with Crippen LogP contribution < -0.4 is 0 Å². The van der Waals surface area contributed by atoms with Crippen molar-refractivity contribution in [2.75, 3.05) is 0 Å². The minimum atomic E-state index is -2.62. The number of hydrogen-bond acceptors (Lipinski definition) is 2. The Balaban J connectivity index is 3.14. The van der Waals surface area contributed by atoms with Gasteiger partial charge in [0.15, 0.2) is 0 Å². The Labute approximate surface area is 68.2 Å². The van der Waals surface area contributed by atoms with Crippen LogP contribution in [0.4, 0.5) is 8.78 Å². The molecular formula is C8H7F2NO. The second kappa shape index (κ2) is 3.38. The van der Waals surface area contributed by atoms with Crippen molar-refractivity contribution in [2.45, 2.75) is 13.3 Å². The van der Waals surface area contributed by atoms with Crippen LogP contribution in [0.2, 0.25) is 0 Å². The Bertz CT molecular complexity index is 299. The Morgan fingerprint density at radius 2 is 2.17 bits per heavy atom. The van der Waals surface area contributed by atoms with Crippen LogP contribution in [0.3, 0.4) is 0 Å². The first-order valence-corrected chi connectivity index (χ1v) is 3.35. The highest BCUT2D eigenvalue weighted by Gasteiger charge is 2.09. The third-order valence-electron chi connectivity index (χ3n) is 1.36. The van der Waals surface area contributed by atoms with Gasteiger partial charge in [-0.25, -0.2) is 8.78 Å². The van der Waals surface area contributed by atoms with Crippen molar-refractivity contribution < 1.29 is 13.6 Å². The number of rotatable bonds is 2. The fourth-order valence-electron chi connectivity index (χ4n) is 0.902. The molecule has 64 valence electrons. The Morgan fingerprint density at radius 1 is 1.50 bits per heavy atom. The molecule has 0 saturated carbocycles. The van der Waals surface area contributed by atoms with Crippen molar-refractivity contribution in [3.63, 3.8) is 0 Å². The van der Waals surface area contributed by atoms with Gasteiger partial charge in [0.05, 0.1) is 0 Å². The molecule has 0 saturated heterocycles. The van der Waals surface area contributed by atoms with Gasteiger partial charge in [-0.15, -0.1) is 0 Å². The van der Waals surface area contributed by atoms with Crippen molar-refractivity contribution in [1.29, 1.82) is 0 Å². The first kappa shape index (κ1) is 8.77. The number of hydrogen-bond donors (Lipinski definition) is 0. The molecule has 0 aliphatic heterocycles. The van der Waals surface area contributed by atoms with Gasteiger partial charge < -0.3 is 0 Å². The lowest BCUT2D eigenvalue weighted by atomic mass is 10.2. The van der Waals surface area contributed by atoms with Gasteiger partial charge in [-0.1, -0.05) is 0 Å². The second-order valence-corrected chi connectivity index (χ2v) is 2.39. The van der Waals surface area contributed by atoms with Gasteiger partial charge in [0.2, 0.25) is 0 Å². The van der Waals surface area contributed by atoms with Gasteiger partial charge in [0.1, 0.15) is 12.0 Å². The SMILES string of the molecule is Cc1cc(C=O)cc(C(F)F)n1. The first-order chi connectivity index (χ1) is 5.63. The molecule has 0 aromatic carbocycles. The number of carbonyl (C=O) groups is 1. The lowest BCUT2D eigenvalue weighted by Crippen LogP contribution is -1.95.